The number of aromatic nitrogens is 3. The zero-order valence-electron chi connectivity index (χ0n) is 18.1. The third-order valence-electron chi connectivity index (χ3n) is 5.55. The van der Waals surface area contributed by atoms with Crippen LogP contribution in [0.3, 0.4) is 0 Å². The first kappa shape index (κ1) is 23.8. The Hall–Kier alpha value is -3.31. The number of alkyl halides is 3. The average Bonchev–Trinajstić information content (AvgIpc) is 3.42. The molecule has 0 aliphatic rings. The fourth-order valence-corrected chi connectivity index (χ4v) is 4.86. The Morgan fingerprint density at radius 3 is 2.50 bits per heavy atom. The Labute approximate surface area is 195 Å². The molecule has 0 saturated carbocycles. The van der Waals surface area contributed by atoms with Gasteiger partial charge in [0.25, 0.3) is 0 Å². The Morgan fingerprint density at radius 2 is 1.88 bits per heavy atom. The van der Waals surface area contributed by atoms with Crippen LogP contribution in [0.15, 0.2) is 48.7 Å². The second-order valence-corrected chi connectivity index (χ2v) is 8.70. The number of ether oxygens (including phenoxy) is 1. The molecule has 6 nitrogen and oxygen atoms in total. The van der Waals surface area contributed by atoms with Gasteiger partial charge in [0.05, 0.1) is 19.9 Å². The first-order valence-electron chi connectivity index (χ1n) is 10.2. The van der Waals surface area contributed by atoms with Crippen LogP contribution < -0.4 is 0 Å². The van der Waals surface area contributed by atoms with Gasteiger partial charge in [0, 0.05) is 15.6 Å². The molecule has 34 heavy (non-hydrogen) atoms. The first-order chi connectivity index (χ1) is 16.1. The molecule has 0 amide bonds. The lowest BCUT2D eigenvalue weighted by Gasteiger charge is -2.26. The summed E-state index contributed by atoms with van der Waals surface area (Å²) in [5, 5.41) is 18.1. The molecule has 4 rings (SSSR count). The van der Waals surface area contributed by atoms with Crippen molar-refractivity contribution in [2.75, 3.05) is 7.11 Å². The standard InChI is InChI=1S/C23H19F4N3O3S/c1-3-22(32,23(25,26)27)18-12-30(29-28-18)11-13-4-9-16-17(10-13)34-20(21(31)33-2)19(16)14-5-7-15(24)8-6-14/h4-10,12,32H,3,11H2,1-2H3. The summed E-state index contributed by atoms with van der Waals surface area (Å²) in [4.78, 5) is 12.8. The molecule has 2 aromatic heterocycles. The number of methoxy groups -OCH3 is 1. The molecular weight excluding hydrogens is 474 g/mol. The minimum atomic E-state index is -4.89. The topological polar surface area (TPSA) is 77.2 Å². The van der Waals surface area contributed by atoms with E-state index in [1.807, 2.05) is 0 Å². The van der Waals surface area contributed by atoms with Crippen molar-refractivity contribution >= 4 is 27.4 Å². The summed E-state index contributed by atoms with van der Waals surface area (Å²) in [5.41, 5.74) is -1.71. The summed E-state index contributed by atoms with van der Waals surface area (Å²) in [6.07, 6.45) is -4.42. The molecule has 2 heterocycles. The molecule has 0 saturated heterocycles. The van der Waals surface area contributed by atoms with Crippen LogP contribution in [0.1, 0.15) is 34.3 Å². The van der Waals surface area contributed by atoms with E-state index >= 15 is 0 Å². The zero-order chi connectivity index (χ0) is 24.7. The second kappa shape index (κ2) is 8.80. The molecule has 0 radical (unpaired) electrons. The van der Waals surface area contributed by atoms with Crippen molar-refractivity contribution in [1.82, 2.24) is 15.0 Å². The van der Waals surface area contributed by atoms with Crippen molar-refractivity contribution in [3.8, 4) is 11.1 Å². The number of hydrogen-bond acceptors (Lipinski definition) is 6. The van der Waals surface area contributed by atoms with Crippen molar-refractivity contribution in [3.05, 3.63) is 70.6 Å². The van der Waals surface area contributed by atoms with Crippen molar-refractivity contribution in [1.29, 1.82) is 0 Å². The second-order valence-electron chi connectivity index (χ2n) is 7.65. The number of rotatable bonds is 6. The molecule has 0 fully saturated rings. The minimum absolute atomic E-state index is 0.0952. The highest BCUT2D eigenvalue weighted by Crippen LogP contribution is 2.41. The molecular formula is C23H19F4N3O3S. The fourth-order valence-electron chi connectivity index (χ4n) is 3.66. The number of hydrogen-bond donors (Lipinski definition) is 1. The van der Waals surface area contributed by atoms with E-state index in [1.165, 1.54) is 42.2 Å². The summed E-state index contributed by atoms with van der Waals surface area (Å²) < 4.78 is 60.2. The summed E-state index contributed by atoms with van der Waals surface area (Å²) in [6.45, 7) is 1.31. The van der Waals surface area contributed by atoms with Crippen molar-refractivity contribution < 1.29 is 32.2 Å². The first-order valence-corrected chi connectivity index (χ1v) is 11.0. The highest BCUT2D eigenvalue weighted by Gasteiger charge is 2.55. The van der Waals surface area contributed by atoms with Gasteiger partial charge in [-0.1, -0.05) is 36.4 Å². The maximum absolute atomic E-state index is 13.4. The predicted molar refractivity (Wildman–Crippen MR) is 118 cm³/mol. The van der Waals surface area contributed by atoms with Gasteiger partial charge >= 0.3 is 12.1 Å². The minimum Gasteiger partial charge on any atom is -0.465 e. The molecule has 178 valence electrons. The van der Waals surface area contributed by atoms with Gasteiger partial charge in [-0.3, -0.25) is 0 Å². The lowest BCUT2D eigenvalue weighted by Crippen LogP contribution is -2.42. The maximum atomic E-state index is 13.4. The van der Waals surface area contributed by atoms with Crippen LogP contribution in [-0.2, 0) is 16.9 Å². The molecule has 0 bridgehead atoms. The van der Waals surface area contributed by atoms with Crippen LogP contribution in [0.25, 0.3) is 21.2 Å². The number of halogens is 4. The largest absolute Gasteiger partial charge is 0.465 e. The number of esters is 1. The molecule has 0 aliphatic heterocycles. The Bertz CT molecular complexity index is 1350. The van der Waals surface area contributed by atoms with Gasteiger partial charge in [-0.25, -0.2) is 13.9 Å². The van der Waals surface area contributed by atoms with E-state index < -0.39 is 35.7 Å². The van der Waals surface area contributed by atoms with E-state index in [0.29, 0.717) is 21.6 Å². The van der Waals surface area contributed by atoms with Crippen LogP contribution in [-0.4, -0.2) is 39.4 Å². The van der Waals surface area contributed by atoms with Gasteiger partial charge < -0.3 is 9.84 Å². The smallest absolute Gasteiger partial charge is 0.423 e. The molecule has 1 N–H and O–H groups in total. The molecule has 2 aromatic carbocycles. The zero-order valence-corrected chi connectivity index (χ0v) is 18.9. The Morgan fingerprint density at radius 1 is 1.18 bits per heavy atom. The molecule has 0 aliphatic carbocycles. The van der Waals surface area contributed by atoms with Gasteiger partial charge in [-0.05, 0) is 35.7 Å². The normalized spacial score (nSPS) is 13.7. The highest BCUT2D eigenvalue weighted by atomic mass is 32.1. The van der Waals surface area contributed by atoms with Crippen molar-refractivity contribution in [2.45, 2.75) is 31.7 Å². The van der Waals surface area contributed by atoms with Gasteiger partial charge in [-0.2, -0.15) is 13.2 Å². The predicted octanol–water partition coefficient (Wildman–Crippen LogP) is 5.29. The number of carbonyl (C=O) groups excluding carboxylic acids is 1. The molecule has 4 aromatic rings. The molecule has 1 unspecified atom stereocenters. The van der Waals surface area contributed by atoms with Crippen LogP contribution in [0.2, 0.25) is 0 Å². The SMILES string of the molecule is CCC(O)(c1cn(Cc2ccc3c(-c4ccc(F)cc4)c(C(=O)OC)sc3c2)nn1)C(F)(F)F. The Balaban J connectivity index is 1.71. The number of aliphatic hydroxyl groups is 1. The number of nitrogens with zero attached hydrogens (tertiary/aromatic N) is 3. The summed E-state index contributed by atoms with van der Waals surface area (Å²) in [6, 6.07) is 11.1. The third-order valence-corrected chi connectivity index (χ3v) is 6.68. The van der Waals surface area contributed by atoms with Crippen LogP contribution in [0.5, 0.6) is 0 Å². The molecule has 1 atom stereocenters. The summed E-state index contributed by atoms with van der Waals surface area (Å²) >= 11 is 1.19. The van der Waals surface area contributed by atoms with E-state index in [1.54, 1.807) is 30.3 Å². The van der Waals surface area contributed by atoms with Crippen molar-refractivity contribution in [3.63, 3.8) is 0 Å². The quantitative estimate of drug-likeness (QED) is 0.292. The number of benzene rings is 2. The molecule has 11 heteroatoms. The van der Waals surface area contributed by atoms with Gasteiger partial charge in [0.2, 0.25) is 5.60 Å². The molecule has 0 spiro atoms. The summed E-state index contributed by atoms with van der Waals surface area (Å²) in [7, 11) is 1.27. The average molecular weight is 493 g/mol. The van der Waals surface area contributed by atoms with Crippen LogP contribution in [0, 0.1) is 5.82 Å². The third kappa shape index (κ3) is 4.16. The highest BCUT2D eigenvalue weighted by molar-refractivity contribution is 7.21. The van der Waals surface area contributed by atoms with E-state index in [4.69, 9.17) is 4.74 Å². The number of fused-ring (bicyclic) bond motifs is 1. The van der Waals surface area contributed by atoms with Gasteiger partial charge in [-0.15, -0.1) is 16.4 Å². The van der Waals surface area contributed by atoms with Crippen LogP contribution in [0.4, 0.5) is 17.6 Å². The van der Waals surface area contributed by atoms with Crippen LogP contribution >= 0.6 is 11.3 Å². The Kier molecular flexibility index (Phi) is 6.17. The fraction of sp³-hybridized carbons (Fsp3) is 0.261. The lowest BCUT2D eigenvalue weighted by atomic mass is 9.96. The van der Waals surface area contributed by atoms with E-state index in [2.05, 4.69) is 10.3 Å². The maximum Gasteiger partial charge on any atom is 0.423 e. The van der Waals surface area contributed by atoms with E-state index in [-0.39, 0.29) is 6.54 Å². The van der Waals surface area contributed by atoms with E-state index in [9.17, 15) is 27.5 Å². The van der Waals surface area contributed by atoms with Gasteiger partial charge in [0.15, 0.2) is 0 Å². The van der Waals surface area contributed by atoms with E-state index in [0.717, 1.165) is 16.3 Å². The van der Waals surface area contributed by atoms with Crippen molar-refractivity contribution in [2.24, 2.45) is 0 Å². The summed E-state index contributed by atoms with van der Waals surface area (Å²) in [5.74, 6) is -0.938. The number of thiophene rings is 1. The lowest BCUT2D eigenvalue weighted by molar-refractivity contribution is -0.269. The monoisotopic (exact) mass is 493 g/mol. The van der Waals surface area contributed by atoms with Gasteiger partial charge in [0.1, 0.15) is 16.4 Å². The number of carbonyl (C=O) groups is 1.